The predicted octanol–water partition coefficient (Wildman–Crippen LogP) is 3.99. The van der Waals surface area contributed by atoms with Crippen LogP contribution in [0.2, 0.25) is 0 Å². The second-order valence-corrected chi connectivity index (χ2v) is 7.15. The molecule has 0 spiro atoms. The van der Waals surface area contributed by atoms with Gasteiger partial charge in [-0.2, -0.15) is 0 Å². The Hall–Kier alpha value is -0.820. The van der Waals surface area contributed by atoms with Crippen molar-refractivity contribution in [3.05, 3.63) is 35.4 Å². The molecule has 0 aromatic heterocycles. The van der Waals surface area contributed by atoms with Crippen LogP contribution in [0.15, 0.2) is 24.3 Å². The van der Waals surface area contributed by atoms with Crippen LogP contribution in [0.5, 0.6) is 0 Å². The molecule has 2 aliphatic rings. The average molecular weight is 244 g/mol. The molecular weight excluding hydrogens is 220 g/mol. The summed E-state index contributed by atoms with van der Waals surface area (Å²) in [6.45, 7) is 6.69. The van der Waals surface area contributed by atoms with Crippen LogP contribution in [-0.2, 0) is 11.0 Å². The van der Waals surface area contributed by atoms with E-state index in [1.54, 1.807) is 0 Å². The molecule has 2 fully saturated rings. The SMILES string of the molecule is CC(C)(C)c1ccc(C2(O)C3CCCCC32)cc1. The van der Waals surface area contributed by atoms with Crippen LogP contribution in [0, 0.1) is 11.8 Å². The molecule has 0 heterocycles. The maximum Gasteiger partial charge on any atom is 0.0960 e. The first kappa shape index (κ1) is 12.2. The van der Waals surface area contributed by atoms with Gasteiger partial charge in [-0.15, -0.1) is 0 Å². The maximum absolute atomic E-state index is 10.9. The van der Waals surface area contributed by atoms with Crippen molar-refractivity contribution in [1.29, 1.82) is 0 Å². The summed E-state index contributed by atoms with van der Waals surface area (Å²) in [6.07, 6.45) is 5.01. The van der Waals surface area contributed by atoms with E-state index in [1.807, 2.05) is 0 Å². The maximum atomic E-state index is 10.9. The normalized spacial score (nSPS) is 35.1. The van der Waals surface area contributed by atoms with Gasteiger partial charge in [-0.05, 0) is 41.2 Å². The van der Waals surface area contributed by atoms with Crippen LogP contribution in [0.1, 0.15) is 57.6 Å². The molecule has 0 aliphatic heterocycles. The molecule has 2 saturated carbocycles. The number of rotatable bonds is 1. The molecule has 1 N–H and O–H groups in total. The molecule has 2 atom stereocenters. The van der Waals surface area contributed by atoms with Crippen LogP contribution in [0.4, 0.5) is 0 Å². The minimum Gasteiger partial charge on any atom is -0.385 e. The number of aliphatic hydroxyl groups is 1. The molecule has 0 saturated heterocycles. The van der Waals surface area contributed by atoms with Crippen LogP contribution in [0.3, 0.4) is 0 Å². The molecule has 0 radical (unpaired) electrons. The van der Waals surface area contributed by atoms with Gasteiger partial charge in [0.15, 0.2) is 0 Å². The predicted molar refractivity (Wildman–Crippen MR) is 74.5 cm³/mol. The molecule has 0 bridgehead atoms. The average Bonchev–Trinajstić information content (AvgIpc) is 2.97. The van der Waals surface area contributed by atoms with Gasteiger partial charge < -0.3 is 5.11 Å². The lowest BCUT2D eigenvalue weighted by Crippen LogP contribution is -2.13. The van der Waals surface area contributed by atoms with E-state index in [0.717, 1.165) is 5.56 Å². The molecule has 98 valence electrons. The van der Waals surface area contributed by atoms with E-state index in [1.165, 1.54) is 31.2 Å². The number of hydrogen-bond acceptors (Lipinski definition) is 1. The van der Waals surface area contributed by atoms with Crippen LogP contribution in [0.25, 0.3) is 0 Å². The summed E-state index contributed by atoms with van der Waals surface area (Å²) in [5.74, 6) is 1.07. The fourth-order valence-electron chi connectivity index (χ4n) is 3.76. The summed E-state index contributed by atoms with van der Waals surface area (Å²) in [7, 11) is 0. The van der Waals surface area contributed by atoms with Crippen molar-refractivity contribution in [3.63, 3.8) is 0 Å². The Kier molecular flexibility index (Phi) is 2.60. The number of benzene rings is 1. The quantitative estimate of drug-likeness (QED) is 0.792. The Labute approximate surface area is 110 Å². The second kappa shape index (κ2) is 3.84. The summed E-state index contributed by atoms with van der Waals surface area (Å²) in [5.41, 5.74) is 2.19. The van der Waals surface area contributed by atoms with Crippen molar-refractivity contribution in [2.45, 2.75) is 57.5 Å². The van der Waals surface area contributed by atoms with E-state index in [0.29, 0.717) is 11.8 Å². The monoisotopic (exact) mass is 244 g/mol. The minimum atomic E-state index is -0.493. The highest BCUT2D eigenvalue weighted by Gasteiger charge is 2.64. The third-order valence-electron chi connectivity index (χ3n) is 5.00. The fraction of sp³-hybridized carbons (Fsp3) is 0.647. The molecule has 1 aromatic carbocycles. The minimum absolute atomic E-state index is 0.192. The molecule has 1 aromatic rings. The third kappa shape index (κ3) is 1.72. The van der Waals surface area contributed by atoms with Crippen molar-refractivity contribution in [1.82, 2.24) is 0 Å². The Bertz CT molecular complexity index is 426. The zero-order chi connectivity index (χ0) is 13.0. The first-order valence-electron chi connectivity index (χ1n) is 7.27. The molecule has 2 unspecified atom stereocenters. The first-order valence-corrected chi connectivity index (χ1v) is 7.27. The topological polar surface area (TPSA) is 20.2 Å². The smallest absolute Gasteiger partial charge is 0.0960 e. The fourth-order valence-corrected chi connectivity index (χ4v) is 3.76. The van der Waals surface area contributed by atoms with Gasteiger partial charge in [0, 0.05) is 0 Å². The molecule has 0 amide bonds. The van der Waals surface area contributed by atoms with Crippen molar-refractivity contribution >= 4 is 0 Å². The van der Waals surface area contributed by atoms with Crippen molar-refractivity contribution in [3.8, 4) is 0 Å². The third-order valence-corrected chi connectivity index (χ3v) is 5.00. The standard InChI is InChI=1S/C17H24O/c1-16(2,3)12-8-10-13(11-9-12)17(18)14-6-4-5-7-15(14)17/h8-11,14-15,18H,4-7H2,1-3H3. The lowest BCUT2D eigenvalue weighted by molar-refractivity contribution is 0.118. The molecule has 18 heavy (non-hydrogen) atoms. The van der Waals surface area contributed by atoms with Gasteiger partial charge in [-0.1, -0.05) is 57.9 Å². The Morgan fingerprint density at radius 1 is 1.00 bits per heavy atom. The summed E-state index contributed by atoms with van der Waals surface area (Å²) < 4.78 is 0. The van der Waals surface area contributed by atoms with Gasteiger partial charge in [-0.25, -0.2) is 0 Å². The molecule has 1 nitrogen and oxygen atoms in total. The van der Waals surface area contributed by atoms with Crippen LogP contribution in [-0.4, -0.2) is 5.11 Å². The molecular formula is C17H24O. The molecule has 3 rings (SSSR count). The highest BCUT2D eigenvalue weighted by atomic mass is 16.3. The van der Waals surface area contributed by atoms with Gasteiger partial charge in [0.1, 0.15) is 0 Å². The number of hydrogen-bond donors (Lipinski definition) is 1. The van der Waals surface area contributed by atoms with E-state index >= 15 is 0 Å². The Morgan fingerprint density at radius 3 is 1.94 bits per heavy atom. The van der Waals surface area contributed by atoms with Crippen molar-refractivity contribution < 1.29 is 5.11 Å². The lowest BCUT2D eigenvalue weighted by atomic mass is 9.86. The molecule has 1 heteroatoms. The summed E-state index contributed by atoms with van der Waals surface area (Å²) >= 11 is 0. The highest BCUT2D eigenvalue weighted by Crippen LogP contribution is 2.64. The van der Waals surface area contributed by atoms with Gasteiger partial charge >= 0.3 is 0 Å². The zero-order valence-electron chi connectivity index (χ0n) is 11.7. The Balaban J connectivity index is 1.86. The summed E-state index contributed by atoms with van der Waals surface area (Å²) in [5, 5.41) is 10.9. The summed E-state index contributed by atoms with van der Waals surface area (Å²) in [6, 6.07) is 8.69. The van der Waals surface area contributed by atoms with E-state index < -0.39 is 5.60 Å². The van der Waals surface area contributed by atoms with Gasteiger partial charge in [0.25, 0.3) is 0 Å². The second-order valence-electron chi connectivity index (χ2n) is 7.15. The highest BCUT2D eigenvalue weighted by molar-refractivity contribution is 5.36. The van der Waals surface area contributed by atoms with Crippen molar-refractivity contribution in [2.75, 3.05) is 0 Å². The van der Waals surface area contributed by atoms with Gasteiger partial charge in [-0.3, -0.25) is 0 Å². The summed E-state index contributed by atoms with van der Waals surface area (Å²) in [4.78, 5) is 0. The van der Waals surface area contributed by atoms with E-state index in [-0.39, 0.29) is 5.41 Å². The van der Waals surface area contributed by atoms with Crippen LogP contribution >= 0.6 is 0 Å². The van der Waals surface area contributed by atoms with Gasteiger partial charge in [0.05, 0.1) is 5.60 Å². The van der Waals surface area contributed by atoms with E-state index in [9.17, 15) is 5.11 Å². The number of fused-ring (bicyclic) bond motifs is 1. The molecule has 2 aliphatic carbocycles. The van der Waals surface area contributed by atoms with E-state index in [4.69, 9.17) is 0 Å². The zero-order valence-corrected chi connectivity index (χ0v) is 11.7. The van der Waals surface area contributed by atoms with Crippen LogP contribution < -0.4 is 0 Å². The Morgan fingerprint density at radius 2 is 1.50 bits per heavy atom. The lowest BCUT2D eigenvalue weighted by Gasteiger charge is -2.20. The van der Waals surface area contributed by atoms with E-state index in [2.05, 4.69) is 45.0 Å². The van der Waals surface area contributed by atoms with Gasteiger partial charge in [0.2, 0.25) is 0 Å². The van der Waals surface area contributed by atoms with Crippen molar-refractivity contribution in [2.24, 2.45) is 11.8 Å². The largest absolute Gasteiger partial charge is 0.385 e. The first-order chi connectivity index (χ1) is 8.44.